The van der Waals surface area contributed by atoms with E-state index in [0.717, 1.165) is 0 Å². The lowest BCUT2D eigenvalue weighted by atomic mass is 10.2. The minimum Gasteiger partial charge on any atom is -0.497 e. The molecule has 6 nitrogen and oxygen atoms in total. The van der Waals surface area contributed by atoms with Crippen LogP contribution < -0.4 is 20.1 Å². The van der Waals surface area contributed by atoms with Crippen molar-refractivity contribution in [1.82, 2.24) is 0 Å². The average molecular weight is 392 g/mol. The van der Waals surface area contributed by atoms with Gasteiger partial charge in [0, 0.05) is 17.3 Å². The predicted octanol–water partition coefficient (Wildman–Crippen LogP) is 4.47. The molecule has 26 heavy (non-hydrogen) atoms. The molecule has 0 radical (unpaired) electrons. The lowest BCUT2D eigenvalue weighted by Gasteiger charge is -2.11. The fourth-order valence-corrected chi connectivity index (χ4v) is 2.34. The summed E-state index contributed by atoms with van der Waals surface area (Å²) < 4.78 is 10.4. The largest absolute Gasteiger partial charge is 0.497 e. The van der Waals surface area contributed by atoms with Crippen LogP contribution >= 0.6 is 23.2 Å². The Labute approximate surface area is 160 Å². The van der Waals surface area contributed by atoms with Crippen LogP contribution in [0.3, 0.4) is 0 Å². The number of anilines is 2. The normalized spacial score (nSPS) is 10.7. The molecule has 0 heterocycles. The summed E-state index contributed by atoms with van der Waals surface area (Å²) in [6.07, 6.45) is 1.28. The Morgan fingerprint density at radius 3 is 2.54 bits per heavy atom. The van der Waals surface area contributed by atoms with E-state index >= 15 is 0 Å². The van der Waals surface area contributed by atoms with Gasteiger partial charge in [-0.25, -0.2) is 0 Å². The second kappa shape index (κ2) is 8.99. The van der Waals surface area contributed by atoms with Gasteiger partial charge in [-0.15, -0.1) is 0 Å². The van der Waals surface area contributed by atoms with Crippen molar-refractivity contribution >= 4 is 40.5 Å². The quantitative estimate of drug-likeness (QED) is 0.560. The Morgan fingerprint density at radius 2 is 1.88 bits per heavy atom. The lowest BCUT2D eigenvalue weighted by Crippen LogP contribution is -2.15. The highest BCUT2D eigenvalue weighted by atomic mass is 35.5. The zero-order valence-corrected chi connectivity index (χ0v) is 15.5. The van der Waals surface area contributed by atoms with Gasteiger partial charge in [0.2, 0.25) is 0 Å². The molecule has 134 valence electrons. The van der Waals surface area contributed by atoms with Crippen LogP contribution in [0.2, 0.25) is 10.0 Å². The molecule has 0 unspecified atom stereocenters. The van der Waals surface area contributed by atoms with Crippen LogP contribution in [-0.4, -0.2) is 20.1 Å². The first-order valence-corrected chi connectivity index (χ1v) is 8.09. The maximum Gasteiger partial charge on any atom is 0.267 e. The van der Waals surface area contributed by atoms with Crippen molar-refractivity contribution in [3.63, 3.8) is 0 Å². The van der Waals surface area contributed by atoms with Crippen molar-refractivity contribution in [2.24, 2.45) is 0 Å². The molecular weight excluding hydrogens is 377 g/mol. The zero-order chi connectivity index (χ0) is 19.1. The van der Waals surface area contributed by atoms with Gasteiger partial charge in [-0.1, -0.05) is 23.2 Å². The smallest absolute Gasteiger partial charge is 0.267 e. The molecule has 0 saturated heterocycles. The Morgan fingerprint density at radius 1 is 1.12 bits per heavy atom. The molecule has 0 bridgehead atoms. The number of amides is 1. The zero-order valence-electron chi connectivity index (χ0n) is 14.0. The van der Waals surface area contributed by atoms with Crippen LogP contribution in [0.4, 0.5) is 11.4 Å². The Hall–Kier alpha value is -2.88. The number of carbonyl (C=O) groups is 1. The summed E-state index contributed by atoms with van der Waals surface area (Å²) in [7, 11) is 3.05. The lowest BCUT2D eigenvalue weighted by molar-refractivity contribution is -0.112. The fourth-order valence-electron chi connectivity index (χ4n) is 2.00. The van der Waals surface area contributed by atoms with E-state index in [2.05, 4.69) is 10.6 Å². The summed E-state index contributed by atoms with van der Waals surface area (Å²) >= 11 is 11.9. The average Bonchev–Trinajstić information content (AvgIpc) is 2.65. The first kappa shape index (κ1) is 19.4. The number of nitrogens with zero attached hydrogens (tertiary/aromatic N) is 1. The predicted molar refractivity (Wildman–Crippen MR) is 102 cm³/mol. The number of carbonyl (C=O) groups excluding carboxylic acids is 1. The third-order valence-electron chi connectivity index (χ3n) is 3.32. The van der Waals surface area contributed by atoms with Crippen molar-refractivity contribution in [2.75, 3.05) is 24.9 Å². The number of methoxy groups -OCH3 is 2. The standard InChI is InChI=1S/C18H15Cl2N3O3/c1-25-13-4-6-15(17(8-13)26-2)22-10-11(9-21)18(24)23-16-7-12(19)3-5-14(16)20/h3-8,10,22H,1-2H3,(H,23,24)/b11-10-. The number of nitriles is 1. The molecule has 1 amide bonds. The van der Waals surface area contributed by atoms with Crippen molar-refractivity contribution in [1.29, 1.82) is 5.26 Å². The van der Waals surface area contributed by atoms with Gasteiger partial charge in [-0.3, -0.25) is 4.79 Å². The van der Waals surface area contributed by atoms with E-state index < -0.39 is 5.91 Å². The molecule has 8 heteroatoms. The van der Waals surface area contributed by atoms with Gasteiger partial charge in [0.15, 0.2) is 0 Å². The highest BCUT2D eigenvalue weighted by Gasteiger charge is 2.12. The molecule has 0 aliphatic heterocycles. The van der Waals surface area contributed by atoms with Gasteiger partial charge in [0.25, 0.3) is 5.91 Å². The molecule has 2 rings (SSSR count). The summed E-state index contributed by atoms with van der Waals surface area (Å²) in [5.74, 6) is 0.484. The van der Waals surface area contributed by atoms with Crippen LogP contribution in [0, 0.1) is 11.3 Å². The first-order chi connectivity index (χ1) is 12.5. The summed E-state index contributed by atoms with van der Waals surface area (Å²) in [6, 6.07) is 11.6. The fraction of sp³-hybridized carbons (Fsp3) is 0.111. The minimum atomic E-state index is -0.628. The van der Waals surface area contributed by atoms with Gasteiger partial charge >= 0.3 is 0 Å². The Balaban J connectivity index is 2.19. The Kier molecular flexibility index (Phi) is 6.73. The second-order valence-electron chi connectivity index (χ2n) is 4.96. The van der Waals surface area contributed by atoms with Gasteiger partial charge in [0.1, 0.15) is 23.1 Å². The third kappa shape index (κ3) is 4.82. The topological polar surface area (TPSA) is 83.4 Å². The van der Waals surface area contributed by atoms with Gasteiger partial charge in [0.05, 0.1) is 30.6 Å². The van der Waals surface area contributed by atoms with Crippen LogP contribution in [0.1, 0.15) is 0 Å². The molecule has 2 N–H and O–H groups in total. The number of benzene rings is 2. The van der Waals surface area contributed by atoms with E-state index in [1.54, 1.807) is 37.4 Å². The number of ether oxygens (including phenoxy) is 2. The molecule has 0 fully saturated rings. The number of hydrogen-bond acceptors (Lipinski definition) is 5. The van der Waals surface area contributed by atoms with E-state index in [9.17, 15) is 10.1 Å². The van der Waals surface area contributed by atoms with E-state index in [-0.39, 0.29) is 5.57 Å². The monoisotopic (exact) mass is 391 g/mol. The van der Waals surface area contributed by atoms with E-state index in [0.29, 0.717) is 32.9 Å². The van der Waals surface area contributed by atoms with Crippen molar-refractivity contribution in [3.8, 4) is 17.6 Å². The molecule has 0 atom stereocenters. The summed E-state index contributed by atoms with van der Waals surface area (Å²) in [4.78, 5) is 12.3. The van der Waals surface area contributed by atoms with Crippen molar-refractivity contribution < 1.29 is 14.3 Å². The van der Waals surface area contributed by atoms with Crippen LogP contribution in [-0.2, 0) is 4.79 Å². The molecular formula is C18H15Cl2N3O3. The van der Waals surface area contributed by atoms with E-state index in [4.69, 9.17) is 32.7 Å². The molecule has 2 aromatic carbocycles. The van der Waals surface area contributed by atoms with Gasteiger partial charge in [-0.05, 0) is 30.3 Å². The molecule has 0 aliphatic carbocycles. The maximum absolute atomic E-state index is 12.3. The minimum absolute atomic E-state index is 0.154. The molecule has 0 aromatic heterocycles. The number of hydrogen-bond donors (Lipinski definition) is 2. The third-order valence-corrected chi connectivity index (χ3v) is 3.89. The van der Waals surface area contributed by atoms with Gasteiger partial charge in [-0.2, -0.15) is 5.26 Å². The summed E-state index contributed by atoms with van der Waals surface area (Å²) in [5, 5.41) is 15.4. The second-order valence-corrected chi connectivity index (χ2v) is 5.80. The highest BCUT2D eigenvalue weighted by Crippen LogP contribution is 2.29. The van der Waals surface area contributed by atoms with Crippen molar-refractivity contribution in [2.45, 2.75) is 0 Å². The van der Waals surface area contributed by atoms with Crippen LogP contribution in [0.15, 0.2) is 48.2 Å². The molecule has 0 spiro atoms. The highest BCUT2D eigenvalue weighted by molar-refractivity contribution is 6.35. The number of nitrogens with one attached hydrogen (secondary N) is 2. The van der Waals surface area contributed by atoms with Crippen LogP contribution in [0.5, 0.6) is 11.5 Å². The van der Waals surface area contributed by atoms with Crippen molar-refractivity contribution in [3.05, 3.63) is 58.2 Å². The number of rotatable bonds is 6. The summed E-state index contributed by atoms with van der Waals surface area (Å²) in [5.41, 5.74) is 0.723. The SMILES string of the molecule is COc1ccc(N/C=C(/C#N)C(=O)Nc2cc(Cl)ccc2Cl)c(OC)c1. The molecule has 0 aliphatic rings. The molecule has 2 aromatic rings. The molecule has 0 saturated carbocycles. The Bertz CT molecular complexity index is 892. The summed E-state index contributed by atoms with van der Waals surface area (Å²) in [6.45, 7) is 0. The van der Waals surface area contributed by atoms with E-state index in [1.165, 1.54) is 19.4 Å². The van der Waals surface area contributed by atoms with Crippen LogP contribution in [0.25, 0.3) is 0 Å². The maximum atomic E-state index is 12.3. The van der Waals surface area contributed by atoms with Gasteiger partial charge < -0.3 is 20.1 Å². The first-order valence-electron chi connectivity index (χ1n) is 7.33. The number of halogens is 2. The van der Waals surface area contributed by atoms with E-state index in [1.807, 2.05) is 6.07 Å².